The van der Waals surface area contributed by atoms with Crippen LogP contribution in [0.25, 0.3) is 0 Å². The molecule has 0 heterocycles. The molecule has 0 spiro atoms. The lowest BCUT2D eigenvalue weighted by Gasteiger charge is -2.47. The first kappa shape index (κ1) is 8.72. The zero-order valence-corrected chi connectivity index (χ0v) is 7.55. The zero-order valence-electron chi connectivity index (χ0n) is 7.55. The normalized spacial score (nSPS) is 38.0. The van der Waals surface area contributed by atoms with Crippen molar-refractivity contribution in [2.45, 2.75) is 39.2 Å². The van der Waals surface area contributed by atoms with E-state index in [9.17, 15) is 4.79 Å². The fourth-order valence-electron chi connectivity index (χ4n) is 1.57. The van der Waals surface area contributed by atoms with Crippen LogP contribution in [-0.2, 0) is 4.79 Å². The van der Waals surface area contributed by atoms with E-state index in [-0.39, 0.29) is 0 Å². The molecule has 1 saturated carbocycles. The third kappa shape index (κ3) is 1.62. The summed E-state index contributed by atoms with van der Waals surface area (Å²) < 4.78 is 0. The van der Waals surface area contributed by atoms with Crippen molar-refractivity contribution in [1.82, 2.24) is 0 Å². The molecular formula is C9H17NO. The standard InChI is InChI=1S/C9H17NO/c1-8(2,3)7-4-9(10,5-7)6-11/h6-7H,4-5,10H2,1-3H3. The first-order valence-corrected chi connectivity index (χ1v) is 4.13. The first-order valence-electron chi connectivity index (χ1n) is 4.13. The summed E-state index contributed by atoms with van der Waals surface area (Å²) in [6.07, 6.45) is 2.62. The van der Waals surface area contributed by atoms with Gasteiger partial charge < -0.3 is 10.5 Å². The quantitative estimate of drug-likeness (QED) is 0.581. The third-order valence-electron chi connectivity index (χ3n) is 2.71. The van der Waals surface area contributed by atoms with Crippen LogP contribution >= 0.6 is 0 Å². The summed E-state index contributed by atoms with van der Waals surface area (Å²) >= 11 is 0. The Labute approximate surface area is 68.2 Å². The van der Waals surface area contributed by atoms with Gasteiger partial charge in [-0.3, -0.25) is 0 Å². The molecule has 0 aromatic rings. The molecule has 0 aliphatic heterocycles. The summed E-state index contributed by atoms with van der Waals surface area (Å²) in [5.74, 6) is 0.623. The van der Waals surface area contributed by atoms with Gasteiger partial charge in [0.2, 0.25) is 0 Å². The van der Waals surface area contributed by atoms with E-state index < -0.39 is 5.54 Å². The Hall–Kier alpha value is -0.370. The molecule has 0 unspecified atom stereocenters. The molecule has 2 heteroatoms. The number of hydrogen-bond donors (Lipinski definition) is 1. The van der Waals surface area contributed by atoms with Crippen molar-refractivity contribution in [3.8, 4) is 0 Å². The highest BCUT2D eigenvalue weighted by atomic mass is 16.1. The molecule has 1 rings (SSSR count). The minimum atomic E-state index is -0.488. The summed E-state index contributed by atoms with van der Waals surface area (Å²) in [7, 11) is 0. The minimum Gasteiger partial charge on any atom is -0.319 e. The maximum absolute atomic E-state index is 10.5. The molecule has 64 valence electrons. The van der Waals surface area contributed by atoms with Crippen LogP contribution in [0.15, 0.2) is 0 Å². The molecule has 0 aromatic carbocycles. The Bertz CT molecular complexity index is 163. The lowest BCUT2D eigenvalue weighted by Crippen LogP contribution is -2.56. The van der Waals surface area contributed by atoms with Crippen molar-refractivity contribution in [3.05, 3.63) is 0 Å². The molecule has 2 N–H and O–H groups in total. The van der Waals surface area contributed by atoms with Crippen LogP contribution in [0.3, 0.4) is 0 Å². The lowest BCUT2D eigenvalue weighted by molar-refractivity contribution is -0.118. The van der Waals surface area contributed by atoms with Gasteiger partial charge in [-0.15, -0.1) is 0 Å². The first-order chi connectivity index (χ1) is 4.87. The van der Waals surface area contributed by atoms with Crippen LogP contribution in [0.5, 0.6) is 0 Å². The van der Waals surface area contributed by atoms with Gasteiger partial charge in [0.15, 0.2) is 0 Å². The predicted molar refractivity (Wildman–Crippen MR) is 45.2 cm³/mol. The molecule has 0 amide bonds. The molecular weight excluding hydrogens is 138 g/mol. The predicted octanol–water partition coefficient (Wildman–Crippen LogP) is 1.34. The van der Waals surface area contributed by atoms with Crippen molar-refractivity contribution in [2.75, 3.05) is 0 Å². The second-order valence-electron chi connectivity index (χ2n) is 4.82. The average molecular weight is 155 g/mol. The summed E-state index contributed by atoms with van der Waals surface area (Å²) in [4.78, 5) is 10.5. The zero-order chi connectivity index (χ0) is 8.70. The Balaban J connectivity index is 2.47. The summed E-state index contributed by atoms with van der Waals surface area (Å²) in [5, 5.41) is 0. The van der Waals surface area contributed by atoms with Crippen LogP contribution in [0.4, 0.5) is 0 Å². The second kappa shape index (κ2) is 2.31. The summed E-state index contributed by atoms with van der Waals surface area (Å²) in [6, 6.07) is 0. The third-order valence-corrected chi connectivity index (χ3v) is 2.71. The van der Waals surface area contributed by atoms with E-state index in [2.05, 4.69) is 20.8 Å². The minimum absolute atomic E-state index is 0.311. The average Bonchev–Trinajstić information content (AvgIpc) is 1.78. The highest BCUT2D eigenvalue weighted by Crippen LogP contribution is 2.45. The molecule has 2 nitrogen and oxygen atoms in total. The molecule has 0 radical (unpaired) electrons. The Morgan fingerprint density at radius 3 is 2.18 bits per heavy atom. The van der Waals surface area contributed by atoms with Crippen LogP contribution in [0.1, 0.15) is 33.6 Å². The highest BCUT2D eigenvalue weighted by molar-refractivity contribution is 5.65. The van der Waals surface area contributed by atoms with E-state index in [0.717, 1.165) is 19.1 Å². The van der Waals surface area contributed by atoms with Gasteiger partial charge in [-0.25, -0.2) is 0 Å². The molecule has 1 aliphatic rings. The van der Waals surface area contributed by atoms with Crippen LogP contribution < -0.4 is 5.73 Å². The number of carbonyl (C=O) groups is 1. The smallest absolute Gasteiger partial charge is 0.139 e. The number of rotatable bonds is 1. The number of hydrogen-bond acceptors (Lipinski definition) is 2. The van der Waals surface area contributed by atoms with E-state index >= 15 is 0 Å². The fourth-order valence-corrected chi connectivity index (χ4v) is 1.57. The van der Waals surface area contributed by atoms with Crippen molar-refractivity contribution in [2.24, 2.45) is 17.1 Å². The topological polar surface area (TPSA) is 43.1 Å². The molecule has 0 saturated heterocycles. The second-order valence-corrected chi connectivity index (χ2v) is 4.82. The molecule has 1 aliphatic carbocycles. The van der Waals surface area contributed by atoms with Gasteiger partial charge in [0, 0.05) is 0 Å². The maximum atomic E-state index is 10.5. The van der Waals surface area contributed by atoms with Gasteiger partial charge in [-0.2, -0.15) is 0 Å². The number of carbonyl (C=O) groups excluding carboxylic acids is 1. The van der Waals surface area contributed by atoms with E-state index in [0.29, 0.717) is 11.3 Å². The SMILES string of the molecule is CC(C)(C)C1CC(N)(C=O)C1. The van der Waals surface area contributed by atoms with E-state index in [1.54, 1.807) is 0 Å². The van der Waals surface area contributed by atoms with E-state index in [1.807, 2.05) is 0 Å². The molecule has 11 heavy (non-hydrogen) atoms. The lowest BCUT2D eigenvalue weighted by atomic mass is 9.60. The Morgan fingerprint density at radius 2 is 1.91 bits per heavy atom. The Morgan fingerprint density at radius 1 is 1.45 bits per heavy atom. The molecule has 0 atom stereocenters. The van der Waals surface area contributed by atoms with Gasteiger partial charge in [0.1, 0.15) is 6.29 Å². The van der Waals surface area contributed by atoms with Gasteiger partial charge in [-0.05, 0) is 24.2 Å². The monoisotopic (exact) mass is 155 g/mol. The van der Waals surface area contributed by atoms with Crippen molar-refractivity contribution >= 4 is 6.29 Å². The van der Waals surface area contributed by atoms with Gasteiger partial charge in [0.05, 0.1) is 5.54 Å². The largest absolute Gasteiger partial charge is 0.319 e. The highest BCUT2D eigenvalue weighted by Gasteiger charge is 2.45. The van der Waals surface area contributed by atoms with E-state index in [1.165, 1.54) is 0 Å². The fraction of sp³-hybridized carbons (Fsp3) is 0.889. The molecule has 0 bridgehead atoms. The van der Waals surface area contributed by atoms with Crippen molar-refractivity contribution in [3.63, 3.8) is 0 Å². The molecule has 1 fully saturated rings. The van der Waals surface area contributed by atoms with Gasteiger partial charge in [0.25, 0.3) is 0 Å². The van der Waals surface area contributed by atoms with Crippen molar-refractivity contribution < 1.29 is 4.79 Å². The van der Waals surface area contributed by atoms with Gasteiger partial charge in [-0.1, -0.05) is 20.8 Å². The van der Waals surface area contributed by atoms with Crippen LogP contribution in [0, 0.1) is 11.3 Å². The molecule has 0 aromatic heterocycles. The van der Waals surface area contributed by atoms with E-state index in [4.69, 9.17) is 5.73 Å². The van der Waals surface area contributed by atoms with Crippen LogP contribution in [0.2, 0.25) is 0 Å². The van der Waals surface area contributed by atoms with Gasteiger partial charge >= 0.3 is 0 Å². The summed E-state index contributed by atoms with van der Waals surface area (Å²) in [6.45, 7) is 6.59. The summed E-state index contributed by atoms with van der Waals surface area (Å²) in [5.41, 5.74) is 5.54. The Kier molecular flexibility index (Phi) is 1.83. The number of aldehydes is 1. The van der Waals surface area contributed by atoms with Crippen molar-refractivity contribution in [1.29, 1.82) is 0 Å². The van der Waals surface area contributed by atoms with Crippen LogP contribution in [-0.4, -0.2) is 11.8 Å². The maximum Gasteiger partial charge on any atom is 0.139 e. The number of nitrogens with two attached hydrogens (primary N) is 1.